The number of hydrogen-bond acceptors (Lipinski definition) is 4. The summed E-state index contributed by atoms with van der Waals surface area (Å²) in [6.07, 6.45) is -1.61. The van der Waals surface area contributed by atoms with Crippen LogP contribution in [0.25, 0.3) is 0 Å². The molecule has 8 heteroatoms. The van der Waals surface area contributed by atoms with Crippen molar-refractivity contribution in [3.8, 4) is 0 Å². The molecule has 1 unspecified atom stereocenters. The third-order valence-corrected chi connectivity index (χ3v) is 2.18. The Labute approximate surface area is 106 Å². The van der Waals surface area contributed by atoms with Crippen molar-refractivity contribution < 1.29 is 32.6 Å². The summed E-state index contributed by atoms with van der Waals surface area (Å²) >= 11 is 0. The number of rotatable bonds is 4. The molecule has 1 atom stereocenters. The lowest BCUT2D eigenvalue weighted by Crippen LogP contribution is -2.37. The van der Waals surface area contributed by atoms with Gasteiger partial charge in [-0.15, -0.1) is 0 Å². The molecule has 5 nitrogen and oxygen atoms in total. The van der Waals surface area contributed by atoms with Gasteiger partial charge in [-0.2, -0.15) is 0 Å². The predicted molar refractivity (Wildman–Crippen MR) is 56.7 cm³/mol. The fourth-order valence-electron chi connectivity index (χ4n) is 1.20. The van der Waals surface area contributed by atoms with Crippen LogP contribution in [0.3, 0.4) is 0 Å². The summed E-state index contributed by atoms with van der Waals surface area (Å²) in [4.78, 5) is 22.3. The summed E-state index contributed by atoms with van der Waals surface area (Å²) in [7, 11) is 1.04. The Morgan fingerprint density at radius 2 is 1.84 bits per heavy atom. The monoisotopic (exact) mass is 277 g/mol. The molecule has 0 aliphatic carbocycles. The minimum Gasteiger partial charge on any atom is -0.467 e. The van der Waals surface area contributed by atoms with Gasteiger partial charge in [-0.1, -0.05) is 0 Å². The van der Waals surface area contributed by atoms with E-state index in [2.05, 4.69) is 4.74 Å². The van der Waals surface area contributed by atoms with Gasteiger partial charge in [-0.3, -0.25) is 4.79 Å². The maximum absolute atomic E-state index is 12.9. The lowest BCUT2D eigenvalue weighted by Gasteiger charge is -2.10. The van der Waals surface area contributed by atoms with Crippen molar-refractivity contribution in [1.29, 1.82) is 0 Å². The van der Waals surface area contributed by atoms with Crippen LogP contribution < -0.4 is 5.32 Å². The number of benzene rings is 1. The van der Waals surface area contributed by atoms with E-state index < -0.39 is 47.5 Å². The second kappa shape index (κ2) is 6.19. The van der Waals surface area contributed by atoms with Crippen molar-refractivity contribution in [2.45, 2.75) is 6.10 Å². The van der Waals surface area contributed by atoms with Crippen molar-refractivity contribution in [2.75, 3.05) is 13.7 Å². The quantitative estimate of drug-likeness (QED) is 0.616. The lowest BCUT2D eigenvalue weighted by atomic mass is 10.2. The van der Waals surface area contributed by atoms with Gasteiger partial charge in [0.2, 0.25) is 0 Å². The van der Waals surface area contributed by atoms with Crippen LogP contribution in [-0.4, -0.2) is 36.7 Å². The Bertz CT molecular complexity index is 484. The molecule has 0 saturated heterocycles. The lowest BCUT2D eigenvalue weighted by molar-refractivity contribution is -0.149. The van der Waals surface area contributed by atoms with Gasteiger partial charge < -0.3 is 15.2 Å². The predicted octanol–water partition coefficient (Wildman–Crippen LogP) is 0.368. The molecular formula is C11H10F3NO4. The highest BCUT2D eigenvalue weighted by molar-refractivity contribution is 5.94. The molecule has 19 heavy (non-hydrogen) atoms. The summed E-state index contributed by atoms with van der Waals surface area (Å²) in [6.45, 7) is -0.508. The van der Waals surface area contributed by atoms with E-state index in [0.717, 1.165) is 7.11 Å². The van der Waals surface area contributed by atoms with E-state index in [1.54, 1.807) is 0 Å². The number of hydrogen-bond donors (Lipinski definition) is 2. The van der Waals surface area contributed by atoms with Gasteiger partial charge in [0.1, 0.15) is 0 Å². The zero-order valence-electron chi connectivity index (χ0n) is 9.75. The summed E-state index contributed by atoms with van der Waals surface area (Å²) in [5.41, 5.74) is -0.478. The van der Waals surface area contributed by atoms with E-state index in [-0.39, 0.29) is 0 Å². The maximum Gasteiger partial charge on any atom is 0.336 e. The normalized spacial score (nSPS) is 11.8. The van der Waals surface area contributed by atoms with Gasteiger partial charge in [0.15, 0.2) is 23.6 Å². The van der Waals surface area contributed by atoms with Gasteiger partial charge in [0.05, 0.1) is 13.7 Å². The fraction of sp³-hybridized carbons (Fsp3) is 0.273. The van der Waals surface area contributed by atoms with Crippen molar-refractivity contribution in [1.82, 2.24) is 5.32 Å². The standard InChI is InChI=1S/C11H10F3NO4/c1-19-11(18)8(16)4-15-10(17)5-2-6(12)9(14)7(13)3-5/h2-3,8,16H,4H2,1H3,(H,15,17). The van der Waals surface area contributed by atoms with Gasteiger partial charge >= 0.3 is 5.97 Å². The molecule has 0 spiro atoms. The molecule has 1 aromatic rings. The largest absolute Gasteiger partial charge is 0.467 e. The number of halogens is 3. The van der Waals surface area contributed by atoms with Crippen LogP contribution in [0, 0.1) is 17.5 Å². The SMILES string of the molecule is COC(=O)C(O)CNC(=O)c1cc(F)c(F)c(F)c1. The molecule has 1 aromatic carbocycles. The highest BCUT2D eigenvalue weighted by Gasteiger charge is 2.18. The zero-order valence-corrected chi connectivity index (χ0v) is 9.75. The van der Waals surface area contributed by atoms with Crippen LogP contribution in [0.4, 0.5) is 13.2 Å². The molecule has 1 amide bonds. The summed E-state index contributed by atoms with van der Waals surface area (Å²) < 4.78 is 42.6. The summed E-state index contributed by atoms with van der Waals surface area (Å²) in [5.74, 6) is -6.67. The highest BCUT2D eigenvalue weighted by Crippen LogP contribution is 2.13. The average molecular weight is 277 g/mol. The first-order chi connectivity index (χ1) is 8.86. The molecule has 0 heterocycles. The average Bonchev–Trinajstić information content (AvgIpc) is 2.39. The van der Waals surface area contributed by atoms with Gasteiger partial charge in [0, 0.05) is 5.56 Å². The Morgan fingerprint density at radius 3 is 2.32 bits per heavy atom. The number of esters is 1. The third-order valence-electron chi connectivity index (χ3n) is 2.18. The number of nitrogens with one attached hydrogen (secondary N) is 1. The topological polar surface area (TPSA) is 75.6 Å². The van der Waals surface area contributed by atoms with Crippen LogP contribution in [0.5, 0.6) is 0 Å². The number of methoxy groups -OCH3 is 1. The van der Waals surface area contributed by atoms with E-state index in [0.29, 0.717) is 12.1 Å². The zero-order chi connectivity index (χ0) is 14.6. The molecule has 0 fully saturated rings. The van der Waals surface area contributed by atoms with Crippen molar-refractivity contribution in [2.24, 2.45) is 0 Å². The van der Waals surface area contributed by atoms with Crippen molar-refractivity contribution in [3.05, 3.63) is 35.1 Å². The van der Waals surface area contributed by atoms with E-state index >= 15 is 0 Å². The molecule has 1 rings (SSSR count). The molecule has 0 aliphatic heterocycles. The fourth-order valence-corrected chi connectivity index (χ4v) is 1.20. The van der Waals surface area contributed by atoms with Crippen molar-refractivity contribution in [3.63, 3.8) is 0 Å². The number of aliphatic hydroxyl groups excluding tert-OH is 1. The van der Waals surface area contributed by atoms with Crippen LogP contribution in [-0.2, 0) is 9.53 Å². The summed E-state index contributed by atoms with van der Waals surface area (Å²) in [5, 5.41) is 11.2. The number of carbonyl (C=O) groups is 2. The molecule has 0 radical (unpaired) electrons. The molecule has 104 valence electrons. The minimum atomic E-state index is -1.69. The Morgan fingerprint density at radius 1 is 1.32 bits per heavy atom. The third kappa shape index (κ3) is 3.68. The van der Waals surface area contributed by atoms with Crippen LogP contribution >= 0.6 is 0 Å². The maximum atomic E-state index is 12.9. The number of aliphatic hydroxyl groups is 1. The molecule has 0 bridgehead atoms. The van der Waals surface area contributed by atoms with Gasteiger partial charge in [0.25, 0.3) is 5.91 Å². The molecule has 0 saturated carbocycles. The smallest absolute Gasteiger partial charge is 0.336 e. The summed E-state index contributed by atoms with van der Waals surface area (Å²) in [6, 6.07) is 0.997. The molecule has 2 N–H and O–H groups in total. The van der Waals surface area contributed by atoms with Crippen LogP contribution in [0.1, 0.15) is 10.4 Å². The van der Waals surface area contributed by atoms with E-state index in [1.165, 1.54) is 0 Å². The van der Waals surface area contributed by atoms with Crippen LogP contribution in [0.2, 0.25) is 0 Å². The first kappa shape index (κ1) is 15.0. The first-order valence-electron chi connectivity index (χ1n) is 5.05. The van der Waals surface area contributed by atoms with Gasteiger partial charge in [-0.25, -0.2) is 18.0 Å². The van der Waals surface area contributed by atoms with E-state index in [4.69, 9.17) is 5.11 Å². The minimum absolute atomic E-state index is 0.478. The Hall–Kier alpha value is -2.09. The van der Waals surface area contributed by atoms with Crippen LogP contribution in [0.15, 0.2) is 12.1 Å². The Kier molecular flexibility index (Phi) is 4.87. The van der Waals surface area contributed by atoms with E-state index in [9.17, 15) is 22.8 Å². The van der Waals surface area contributed by atoms with Crippen molar-refractivity contribution >= 4 is 11.9 Å². The second-order valence-corrected chi connectivity index (χ2v) is 3.50. The number of carbonyl (C=O) groups excluding carboxylic acids is 2. The van der Waals surface area contributed by atoms with E-state index in [1.807, 2.05) is 5.32 Å². The van der Waals surface area contributed by atoms with Gasteiger partial charge in [-0.05, 0) is 12.1 Å². The number of ether oxygens (including phenoxy) is 1. The highest BCUT2D eigenvalue weighted by atomic mass is 19.2. The molecule has 0 aromatic heterocycles. The number of amides is 1. The molecule has 0 aliphatic rings. The molecular weight excluding hydrogens is 267 g/mol. The Balaban J connectivity index is 2.72. The first-order valence-corrected chi connectivity index (χ1v) is 5.05. The second-order valence-electron chi connectivity index (χ2n) is 3.50.